The van der Waals surface area contributed by atoms with E-state index in [1.165, 1.54) is 25.1 Å². The Kier molecular flexibility index (Phi) is 11.8. The van der Waals surface area contributed by atoms with E-state index in [1.54, 1.807) is 7.05 Å². The van der Waals surface area contributed by atoms with Gasteiger partial charge in [0.05, 0.1) is 0 Å². The summed E-state index contributed by atoms with van der Waals surface area (Å²) in [6, 6.07) is 0. The fraction of sp³-hybridized carbons (Fsp3) is 0.824. The lowest BCUT2D eigenvalue weighted by molar-refractivity contribution is 0.145. The average Bonchev–Trinajstić information content (AvgIpc) is 2.83. The van der Waals surface area contributed by atoms with Crippen LogP contribution in [0.2, 0.25) is 0 Å². The zero-order chi connectivity index (χ0) is 17.0. The summed E-state index contributed by atoms with van der Waals surface area (Å²) in [5, 5.41) is 15.4. The molecule has 0 amide bonds. The molecular weight excluding hydrogens is 431 g/mol. The van der Waals surface area contributed by atoms with Crippen molar-refractivity contribution in [1.82, 2.24) is 25.4 Å². The van der Waals surface area contributed by atoms with Gasteiger partial charge in [-0.05, 0) is 32.6 Å². The molecule has 1 aromatic rings. The smallest absolute Gasteiger partial charge is 0.190 e. The topological polar surface area (TPSA) is 76.4 Å². The molecule has 1 aliphatic rings. The summed E-state index contributed by atoms with van der Waals surface area (Å²) in [6.45, 7) is 6.42. The first kappa shape index (κ1) is 22.1. The summed E-state index contributed by atoms with van der Waals surface area (Å²) in [5.41, 5.74) is 0. The summed E-state index contributed by atoms with van der Waals surface area (Å²) in [4.78, 5) is 4.24. The number of hydrogen-bond donors (Lipinski definition) is 2. The highest BCUT2D eigenvalue weighted by molar-refractivity contribution is 14.0. The number of nitrogens with one attached hydrogen (secondary N) is 2. The number of aliphatic imine (C=N–C) groups is 1. The van der Waals surface area contributed by atoms with Crippen LogP contribution in [0.25, 0.3) is 0 Å². The predicted molar refractivity (Wildman–Crippen MR) is 112 cm³/mol. The first-order chi connectivity index (χ1) is 11.8. The van der Waals surface area contributed by atoms with Crippen molar-refractivity contribution < 1.29 is 4.74 Å². The Morgan fingerprint density at radius 3 is 2.72 bits per heavy atom. The molecule has 144 valence electrons. The van der Waals surface area contributed by atoms with Gasteiger partial charge < -0.3 is 19.9 Å². The molecule has 0 saturated heterocycles. The van der Waals surface area contributed by atoms with E-state index < -0.39 is 0 Å². The van der Waals surface area contributed by atoms with Crippen LogP contribution in [0.4, 0.5) is 0 Å². The van der Waals surface area contributed by atoms with E-state index in [4.69, 9.17) is 4.74 Å². The van der Waals surface area contributed by atoms with Crippen molar-refractivity contribution in [3.05, 3.63) is 11.6 Å². The van der Waals surface area contributed by atoms with Gasteiger partial charge in [0.1, 0.15) is 11.6 Å². The fourth-order valence-corrected chi connectivity index (χ4v) is 2.93. The first-order valence-electron chi connectivity index (χ1n) is 9.28. The molecule has 2 N–H and O–H groups in total. The number of aryl methyl sites for hydroxylation is 2. The third kappa shape index (κ3) is 7.89. The lowest BCUT2D eigenvalue weighted by Gasteiger charge is -2.12. The largest absolute Gasteiger partial charge is 0.382 e. The molecule has 25 heavy (non-hydrogen) atoms. The van der Waals surface area contributed by atoms with Gasteiger partial charge >= 0.3 is 0 Å². The van der Waals surface area contributed by atoms with Gasteiger partial charge in [-0.1, -0.05) is 6.42 Å². The summed E-state index contributed by atoms with van der Waals surface area (Å²) >= 11 is 0. The highest BCUT2D eigenvalue weighted by atomic mass is 127. The molecular formula is C17H33IN6O. The minimum atomic E-state index is 0. The molecule has 0 saturated carbocycles. The predicted octanol–water partition coefficient (Wildman–Crippen LogP) is 2.15. The number of ether oxygens (including phenoxy) is 1. The number of aromatic nitrogens is 3. The summed E-state index contributed by atoms with van der Waals surface area (Å²) in [7, 11) is 1.80. The van der Waals surface area contributed by atoms with Crippen molar-refractivity contribution in [1.29, 1.82) is 0 Å². The maximum absolute atomic E-state index is 5.33. The number of hydrogen-bond acceptors (Lipinski definition) is 4. The minimum Gasteiger partial charge on any atom is -0.382 e. The number of nitrogens with zero attached hydrogens (tertiary/aromatic N) is 4. The van der Waals surface area contributed by atoms with E-state index in [0.29, 0.717) is 0 Å². The van der Waals surface area contributed by atoms with Gasteiger partial charge in [0.25, 0.3) is 0 Å². The Morgan fingerprint density at radius 1 is 1.16 bits per heavy atom. The highest BCUT2D eigenvalue weighted by Crippen LogP contribution is 2.15. The van der Waals surface area contributed by atoms with Gasteiger partial charge in [-0.3, -0.25) is 4.99 Å². The number of guanidine groups is 1. The van der Waals surface area contributed by atoms with Gasteiger partial charge in [0.15, 0.2) is 5.96 Å². The Balaban J connectivity index is 0.00000312. The van der Waals surface area contributed by atoms with E-state index in [-0.39, 0.29) is 24.0 Å². The molecule has 2 heterocycles. The van der Waals surface area contributed by atoms with Crippen LogP contribution in [-0.2, 0) is 24.1 Å². The van der Waals surface area contributed by atoms with Gasteiger partial charge in [-0.25, -0.2) is 0 Å². The quantitative estimate of drug-likeness (QED) is 0.254. The lowest BCUT2D eigenvalue weighted by atomic mass is 10.2. The second-order valence-corrected chi connectivity index (χ2v) is 6.07. The van der Waals surface area contributed by atoms with Gasteiger partial charge in [0.2, 0.25) is 0 Å². The lowest BCUT2D eigenvalue weighted by Crippen LogP contribution is -2.38. The number of halogens is 1. The van der Waals surface area contributed by atoms with E-state index in [9.17, 15) is 0 Å². The molecule has 0 aliphatic carbocycles. The third-order valence-electron chi connectivity index (χ3n) is 4.24. The molecule has 0 bridgehead atoms. The minimum absolute atomic E-state index is 0. The van der Waals surface area contributed by atoms with Crippen molar-refractivity contribution in [2.45, 2.75) is 58.4 Å². The van der Waals surface area contributed by atoms with Crippen LogP contribution in [0, 0.1) is 0 Å². The normalized spacial score (nSPS) is 14.4. The van der Waals surface area contributed by atoms with Crippen molar-refractivity contribution in [3.63, 3.8) is 0 Å². The van der Waals surface area contributed by atoms with Gasteiger partial charge in [-0.15, -0.1) is 34.2 Å². The molecule has 2 rings (SSSR count). The maximum Gasteiger partial charge on any atom is 0.190 e. The Hall–Kier alpha value is -0.900. The Morgan fingerprint density at radius 2 is 1.96 bits per heavy atom. The van der Waals surface area contributed by atoms with Crippen LogP contribution in [0.3, 0.4) is 0 Å². The molecule has 0 aromatic carbocycles. The highest BCUT2D eigenvalue weighted by Gasteiger charge is 2.14. The Labute approximate surface area is 168 Å². The molecule has 0 spiro atoms. The number of rotatable bonds is 9. The first-order valence-corrected chi connectivity index (χ1v) is 9.28. The van der Waals surface area contributed by atoms with E-state index in [1.807, 2.05) is 6.92 Å². The van der Waals surface area contributed by atoms with Crippen molar-refractivity contribution in [3.8, 4) is 0 Å². The van der Waals surface area contributed by atoms with Gasteiger partial charge in [0, 0.05) is 52.7 Å². The second-order valence-electron chi connectivity index (χ2n) is 6.07. The van der Waals surface area contributed by atoms with E-state index in [0.717, 1.165) is 70.3 Å². The molecule has 0 fully saturated rings. The second kappa shape index (κ2) is 13.3. The van der Waals surface area contributed by atoms with Crippen LogP contribution < -0.4 is 10.6 Å². The van der Waals surface area contributed by atoms with Crippen molar-refractivity contribution in [2.24, 2.45) is 4.99 Å². The SMILES string of the molecule is CCOCCCNC(=NC)NCCCc1nnc2n1CCCCC2.I. The maximum atomic E-state index is 5.33. The van der Waals surface area contributed by atoms with Crippen molar-refractivity contribution in [2.75, 3.05) is 33.4 Å². The van der Waals surface area contributed by atoms with E-state index in [2.05, 4.69) is 30.4 Å². The monoisotopic (exact) mass is 464 g/mol. The third-order valence-corrected chi connectivity index (χ3v) is 4.24. The van der Waals surface area contributed by atoms with E-state index >= 15 is 0 Å². The van der Waals surface area contributed by atoms with Crippen LogP contribution >= 0.6 is 24.0 Å². The zero-order valence-corrected chi connectivity index (χ0v) is 17.9. The molecule has 1 aromatic heterocycles. The van der Waals surface area contributed by atoms with Crippen LogP contribution in [0.1, 0.15) is 50.7 Å². The fourth-order valence-electron chi connectivity index (χ4n) is 2.93. The Bertz CT molecular complexity index is 505. The number of fused-ring (bicyclic) bond motifs is 1. The van der Waals surface area contributed by atoms with Crippen LogP contribution in [0.15, 0.2) is 4.99 Å². The molecule has 0 unspecified atom stereocenters. The summed E-state index contributed by atoms with van der Waals surface area (Å²) < 4.78 is 7.65. The molecule has 0 radical (unpaired) electrons. The molecule has 0 atom stereocenters. The molecule has 7 nitrogen and oxygen atoms in total. The van der Waals surface area contributed by atoms with Crippen LogP contribution in [-0.4, -0.2) is 54.1 Å². The summed E-state index contributed by atoms with van der Waals surface area (Å²) in [6.07, 6.45) is 7.83. The van der Waals surface area contributed by atoms with Crippen LogP contribution in [0.5, 0.6) is 0 Å². The van der Waals surface area contributed by atoms with Crippen molar-refractivity contribution >= 4 is 29.9 Å². The molecule has 8 heteroatoms. The van der Waals surface area contributed by atoms with Gasteiger partial charge in [-0.2, -0.15) is 0 Å². The average molecular weight is 464 g/mol. The molecule has 1 aliphatic heterocycles. The standard InChI is InChI=1S/C17H32N6O.HI/c1-3-24-14-8-12-20-17(18-2)19-11-7-10-16-22-21-15-9-5-4-6-13-23(15)16;/h3-14H2,1-2H3,(H2,18,19,20);1H. The zero-order valence-electron chi connectivity index (χ0n) is 15.6. The summed E-state index contributed by atoms with van der Waals surface area (Å²) in [5.74, 6) is 3.15.